The Morgan fingerprint density at radius 2 is 1.95 bits per heavy atom. The molecule has 0 bridgehead atoms. The summed E-state index contributed by atoms with van der Waals surface area (Å²) in [5.41, 5.74) is 0. The van der Waals surface area contributed by atoms with Crippen LogP contribution in [0.2, 0.25) is 0 Å². The summed E-state index contributed by atoms with van der Waals surface area (Å²) in [6, 6.07) is -1.45. The molecule has 0 aromatic heterocycles. The van der Waals surface area contributed by atoms with E-state index in [4.69, 9.17) is 5.11 Å². The molecule has 3 amide bonds. The molecule has 2 fully saturated rings. The standard InChI is InChI=1S/C12H19N3O5/c1-7(16)13-8-2-3-14(5-8)12(20)15-6-9(17)4-10(15)11(18)19/h8-10,17H,2-6H2,1H3,(H,13,16)(H,18,19)/t8?,9-,10-/m0/s1. The first-order valence-electron chi connectivity index (χ1n) is 6.62. The van der Waals surface area contributed by atoms with E-state index in [-0.39, 0.29) is 30.9 Å². The average Bonchev–Trinajstić information content (AvgIpc) is 2.94. The van der Waals surface area contributed by atoms with Gasteiger partial charge in [0, 0.05) is 39.0 Å². The zero-order valence-electron chi connectivity index (χ0n) is 11.3. The van der Waals surface area contributed by atoms with Gasteiger partial charge in [0.1, 0.15) is 6.04 Å². The summed E-state index contributed by atoms with van der Waals surface area (Å²) in [5.74, 6) is -1.25. The first kappa shape index (κ1) is 14.6. The van der Waals surface area contributed by atoms with E-state index < -0.39 is 18.1 Å². The lowest BCUT2D eigenvalue weighted by molar-refractivity contribution is -0.141. The summed E-state index contributed by atoms with van der Waals surface area (Å²) in [6.07, 6.45) is -0.0856. The molecule has 2 saturated heterocycles. The van der Waals surface area contributed by atoms with Crippen LogP contribution in [0.15, 0.2) is 0 Å². The van der Waals surface area contributed by atoms with Crippen molar-refractivity contribution >= 4 is 17.9 Å². The van der Waals surface area contributed by atoms with Crippen LogP contribution in [0, 0.1) is 0 Å². The minimum absolute atomic E-state index is 0.0388. The number of likely N-dealkylation sites (tertiary alicyclic amines) is 2. The predicted octanol–water partition coefficient (Wildman–Crippen LogP) is -1.16. The molecule has 8 heteroatoms. The van der Waals surface area contributed by atoms with E-state index >= 15 is 0 Å². The molecule has 2 aliphatic heterocycles. The van der Waals surface area contributed by atoms with E-state index in [1.54, 1.807) is 0 Å². The number of amides is 3. The van der Waals surface area contributed by atoms with E-state index in [0.29, 0.717) is 19.5 Å². The number of nitrogens with one attached hydrogen (secondary N) is 1. The Hall–Kier alpha value is -1.83. The van der Waals surface area contributed by atoms with Gasteiger partial charge in [-0.2, -0.15) is 0 Å². The van der Waals surface area contributed by atoms with Crippen LogP contribution in [-0.4, -0.2) is 75.7 Å². The monoisotopic (exact) mass is 285 g/mol. The topological polar surface area (TPSA) is 110 Å². The van der Waals surface area contributed by atoms with Crippen LogP contribution in [0.5, 0.6) is 0 Å². The van der Waals surface area contributed by atoms with E-state index in [9.17, 15) is 19.5 Å². The van der Waals surface area contributed by atoms with E-state index in [0.717, 1.165) is 0 Å². The van der Waals surface area contributed by atoms with Crippen molar-refractivity contribution in [1.82, 2.24) is 15.1 Å². The first-order valence-corrected chi connectivity index (χ1v) is 6.62. The first-order chi connectivity index (χ1) is 9.38. The lowest BCUT2D eigenvalue weighted by Gasteiger charge is -2.27. The number of hydrogen-bond acceptors (Lipinski definition) is 4. The highest BCUT2D eigenvalue weighted by Gasteiger charge is 2.41. The van der Waals surface area contributed by atoms with Gasteiger partial charge in [-0.1, -0.05) is 0 Å². The zero-order chi connectivity index (χ0) is 14.9. The maximum atomic E-state index is 12.3. The Kier molecular flexibility index (Phi) is 4.12. The molecular formula is C12H19N3O5. The number of β-amino-alcohol motifs (C(OH)–C–C–N with tert-alkyl or cyclic N) is 1. The number of carboxylic acids is 1. The molecule has 2 heterocycles. The smallest absolute Gasteiger partial charge is 0.326 e. The Balaban J connectivity index is 1.97. The molecule has 0 spiro atoms. The minimum atomic E-state index is -1.10. The van der Waals surface area contributed by atoms with Gasteiger partial charge < -0.3 is 25.3 Å². The number of hydrogen-bond donors (Lipinski definition) is 3. The maximum Gasteiger partial charge on any atom is 0.326 e. The molecular weight excluding hydrogens is 266 g/mol. The van der Waals surface area contributed by atoms with Crippen molar-refractivity contribution in [3.05, 3.63) is 0 Å². The number of urea groups is 1. The van der Waals surface area contributed by atoms with Gasteiger partial charge in [-0.15, -0.1) is 0 Å². The number of aliphatic carboxylic acids is 1. The normalized spacial score (nSPS) is 29.6. The van der Waals surface area contributed by atoms with Crippen LogP contribution in [-0.2, 0) is 9.59 Å². The Labute approximate surface area is 116 Å². The summed E-state index contributed by atoms with van der Waals surface area (Å²) < 4.78 is 0. The third-order valence-corrected chi connectivity index (χ3v) is 3.68. The van der Waals surface area contributed by atoms with Gasteiger partial charge in [-0.25, -0.2) is 9.59 Å². The maximum absolute atomic E-state index is 12.3. The molecule has 0 radical (unpaired) electrons. The number of carboxylic acid groups (broad SMARTS) is 1. The highest BCUT2D eigenvalue weighted by molar-refractivity contribution is 5.84. The number of carbonyl (C=O) groups is 3. The van der Waals surface area contributed by atoms with E-state index in [2.05, 4.69) is 5.32 Å². The second-order valence-corrected chi connectivity index (χ2v) is 5.31. The Bertz CT molecular complexity index is 427. The lowest BCUT2D eigenvalue weighted by atomic mass is 10.2. The van der Waals surface area contributed by atoms with E-state index in [1.807, 2.05) is 0 Å². The van der Waals surface area contributed by atoms with Crippen LogP contribution >= 0.6 is 0 Å². The van der Waals surface area contributed by atoms with Crippen LogP contribution in [0.3, 0.4) is 0 Å². The Morgan fingerprint density at radius 3 is 2.55 bits per heavy atom. The summed E-state index contributed by atoms with van der Waals surface area (Å²) in [6.45, 7) is 2.30. The summed E-state index contributed by atoms with van der Waals surface area (Å²) in [5, 5.41) is 21.4. The van der Waals surface area contributed by atoms with Crippen molar-refractivity contribution in [3.8, 4) is 0 Å². The lowest BCUT2D eigenvalue weighted by Crippen LogP contribution is -2.48. The highest BCUT2D eigenvalue weighted by Crippen LogP contribution is 2.22. The molecule has 2 rings (SSSR count). The number of carbonyl (C=O) groups excluding carboxylic acids is 2. The molecule has 0 saturated carbocycles. The minimum Gasteiger partial charge on any atom is -0.480 e. The van der Waals surface area contributed by atoms with Gasteiger partial charge >= 0.3 is 12.0 Å². The third-order valence-electron chi connectivity index (χ3n) is 3.68. The zero-order valence-corrected chi connectivity index (χ0v) is 11.3. The molecule has 0 aromatic carbocycles. The number of rotatable bonds is 2. The largest absolute Gasteiger partial charge is 0.480 e. The predicted molar refractivity (Wildman–Crippen MR) is 67.9 cm³/mol. The molecule has 0 aromatic rings. The third kappa shape index (κ3) is 3.01. The van der Waals surface area contributed by atoms with Gasteiger partial charge in [0.25, 0.3) is 0 Å². The molecule has 3 N–H and O–H groups in total. The van der Waals surface area contributed by atoms with Crippen molar-refractivity contribution < 1.29 is 24.6 Å². The second-order valence-electron chi connectivity index (χ2n) is 5.31. The SMILES string of the molecule is CC(=O)NC1CCN(C(=O)N2C[C@@H](O)C[C@H]2C(=O)O)C1. The van der Waals surface area contributed by atoms with Crippen molar-refractivity contribution in [2.45, 2.75) is 38.0 Å². The Morgan fingerprint density at radius 1 is 1.25 bits per heavy atom. The summed E-state index contributed by atoms with van der Waals surface area (Å²) in [7, 11) is 0. The quantitative estimate of drug-likeness (QED) is 0.592. The van der Waals surface area contributed by atoms with Crippen molar-refractivity contribution in [2.24, 2.45) is 0 Å². The fourth-order valence-electron chi connectivity index (χ4n) is 2.78. The van der Waals surface area contributed by atoms with Crippen molar-refractivity contribution in [1.29, 1.82) is 0 Å². The number of aliphatic hydroxyl groups excluding tert-OH is 1. The molecule has 20 heavy (non-hydrogen) atoms. The van der Waals surface area contributed by atoms with E-state index in [1.165, 1.54) is 16.7 Å². The van der Waals surface area contributed by atoms with Crippen LogP contribution in [0.1, 0.15) is 19.8 Å². The number of nitrogens with zero attached hydrogens (tertiary/aromatic N) is 2. The molecule has 3 atom stereocenters. The molecule has 2 aliphatic rings. The fourth-order valence-corrected chi connectivity index (χ4v) is 2.78. The summed E-state index contributed by atoms with van der Waals surface area (Å²) in [4.78, 5) is 37.1. The van der Waals surface area contributed by atoms with Gasteiger partial charge in [0.2, 0.25) is 5.91 Å². The van der Waals surface area contributed by atoms with Gasteiger partial charge in [-0.3, -0.25) is 4.79 Å². The summed E-state index contributed by atoms with van der Waals surface area (Å²) >= 11 is 0. The van der Waals surface area contributed by atoms with Crippen LogP contribution < -0.4 is 5.32 Å². The van der Waals surface area contributed by atoms with Crippen molar-refractivity contribution in [3.63, 3.8) is 0 Å². The number of aliphatic hydroxyl groups is 1. The molecule has 112 valence electrons. The van der Waals surface area contributed by atoms with Gasteiger partial charge in [0.05, 0.1) is 6.10 Å². The van der Waals surface area contributed by atoms with Crippen molar-refractivity contribution in [2.75, 3.05) is 19.6 Å². The van der Waals surface area contributed by atoms with Gasteiger partial charge in [-0.05, 0) is 6.42 Å². The molecule has 8 nitrogen and oxygen atoms in total. The van der Waals surface area contributed by atoms with Gasteiger partial charge in [0.15, 0.2) is 0 Å². The van der Waals surface area contributed by atoms with Crippen LogP contribution in [0.25, 0.3) is 0 Å². The molecule has 0 aliphatic carbocycles. The second kappa shape index (κ2) is 5.66. The average molecular weight is 285 g/mol. The molecule has 1 unspecified atom stereocenters. The van der Waals surface area contributed by atoms with Crippen LogP contribution in [0.4, 0.5) is 4.79 Å². The highest BCUT2D eigenvalue weighted by atomic mass is 16.4. The fraction of sp³-hybridized carbons (Fsp3) is 0.750.